The molecule has 3 rings (SSSR count). The lowest BCUT2D eigenvalue weighted by Crippen LogP contribution is -1.86. The minimum absolute atomic E-state index is 0.372. The molecule has 0 bridgehead atoms. The molecule has 1 aromatic carbocycles. The summed E-state index contributed by atoms with van der Waals surface area (Å²) in [6, 6.07) is 5.39. The Labute approximate surface area is 110 Å². The topological polar surface area (TPSA) is 107 Å². The van der Waals surface area contributed by atoms with Crippen molar-refractivity contribution >= 4 is 21.6 Å². The van der Waals surface area contributed by atoms with Crippen molar-refractivity contribution in [2.75, 3.05) is 5.73 Å². The van der Waals surface area contributed by atoms with Gasteiger partial charge in [-0.1, -0.05) is 21.1 Å². The van der Waals surface area contributed by atoms with Crippen molar-refractivity contribution in [2.45, 2.75) is 0 Å². The maximum absolute atomic E-state index is 5.75. The lowest BCUT2D eigenvalue weighted by Gasteiger charge is -1.98. The third kappa shape index (κ3) is 1.97. The van der Waals surface area contributed by atoms with Crippen LogP contribution in [0.4, 0.5) is 5.69 Å². The summed E-state index contributed by atoms with van der Waals surface area (Å²) in [5.41, 5.74) is 7.62. The normalized spacial score (nSPS) is 10.7. The van der Waals surface area contributed by atoms with Gasteiger partial charge in [0.05, 0.1) is 6.20 Å². The van der Waals surface area contributed by atoms with Crippen LogP contribution in [0.2, 0.25) is 0 Å². The first kappa shape index (κ1) is 10.9. The third-order valence-corrected chi connectivity index (χ3v) is 2.70. The van der Waals surface area contributed by atoms with Gasteiger partial charge in [0, 0.05) is 15.7 Å². The Morgan fingerprint density at radius 2 is 2.17 bits per heavy atom. The molecule has 0 saturated heterocycles. The van der Waals surface area contributed by atoms with Gasteiger partial charge in [0.15, 0.2) is 5.69 Å². The zero-order chi connectivity index (χ0) is 12.5. The molecule has 0 atom stereocenters. The number of anilines is 1. The first-order valence-corrected chi connectivity index (χ1v) is 5.78. The van der Waals surface area contributed by atoms with Crippen molar-refractivity contribution in [3.05, 3.63) is 28.9 Å². The second kappa shape index (κ2) is 4.22. The second-order valence-corrected chi connectivity index (χ2v) is 4.47. The van der Waals surface area contributed by atoms with Crippen LogP contribution in [-0.4, -0.2) is 25.6 Å². The molecule has 2 aromatic heterocycles. The van der Waals surface area contributed by atoms with Crippen LogP contribution < -0.4 is 5.73 Å². The van der Waals surface area contributed by atoms with E-state index in [1.807, 2.05) is 6.07 Å². The van der Waals surface area contributed by atoms with E-state index in [0.29, 0.717) is 23.1 Å². The number of aromatic amines is 1. The Bertz CT molecular complexity index is 657. The van der Waals surface area contributed by atoms with Gasteiger partial charge in [-0.2, -0.15) is 20.4 Å². The van der Waals surface area contributed by atoms with Gasteiger partial charge in [-0.15, -0.1) is 0 Å². The van der Waals surface area contributed by atoms with E-state index >= 15 is 0 Å². The summed E-state index contributed by atoms with van der Waals surface area (Å²) in [6.07, 6.45) is 1.52. The van der Waals surface area contributed by atoms with Crippen molar-refractivity contribution < 1.29 is 4.52 Å². The molecule has 0 saturated carbocycles. The van der Waals surface area contributed by atoms with Crippen LogP contribution in [0.3, 0.4) is 0 Å². The van der Waals surface area contributed by atoms with Gasteiger partial charge in [0.1, 0.15) is 0 Å². The molecular formula is C10H7BrN6O. The first-order valence-electron chi connectivity index (χ1n) is 4.98. The van der Waals surface area contributed by atoms with E-state index in [1.165, 1.54) is 6.20 Å². The Balaban J connectivity index is 2.03. The van der Waals surface area contributed by atoms with Crippen LogP contribution >= 0.6 is 15.9 Å². The number of benzene rings is 1. The molecule has 0 amide bonds. The van der Waals surface area contributed by atoms with Crippen LogP contribution in [0, 0.1) is 0 Å². The summed E-state index contributed by atoms with van der Waals surface area (Å²) in [4.78, 5) is 4.23. The van der Waals surface area contributed by atoms with Crippen molar-refractivity contribution in [1.29, 1.82) is 0 Å². The quantitative estimate of drug-likeness (QED) is 0.700. The first-order chi connectivity index (χ1) is 8.72. The zero-order valence-corrected chi connectivity index (χ0v) is 10.5. The minimum Gasteiger partial charge on any atom is -0.399 e. The molecule has 18 heavy (non-hydrogen) atoms. The van der Waals surface area contributed by atoms with Gasteiger partial charge in [-0.3, -0.25) is 0 Å². The van der Waals surface area contributed by atoms with Crippen molar-refractivity contribution in [3.63, 3.8) is 0 Å². The fourth-order valence-corrected chi connectivity index (χ4v) is 2.00. The highest BCUT2D eigenvalue weighted by molar-refractivity contribution is 9.10. The van der Waals surface area contributed by atoms with Gasteiger partial charge in [-0.05, 0) is 18.2 Å². The molecule has 8 heteroatoms. The lowest BCUT2D eigenvalue weighted by molar-refractivity contribution is 0.432. The summed E-state index contributed by atoms with van der Waals surface area (Å²) in [6.45, 7) is 0. The predicted molar refractivity (Wildman–Crippen MR) is 67.2 cm³/mol. The Kier molecular flexibility index (Phi) is 2.56. The Morgan fingerprint density at radius 3 is 2.89 bits per heavy atom. The molecule has 0 radical (unpaired) electrons. The van der Waals surface area contributed by atoms with Crippen LogP contribution in [0.15, 0.2) is 33.4 Å². The highest BCUT2D eigenvalue weighted by Gasteiger charge is 2.13. The van der Waals surface area contributed by atoms with E-state index in [-0.39, 0.29) is 0 Å². The van der Waals surface area contributed by atoms with E-state index in [9.17, 15) is 0 Å². The van der Waals surface area contributed by atoms with Crippen LogP contribution in [-0.2, 0) is 0 Å². The fraction of sp³-hybridized carbons (Fsp3) is 0. The number of H-pyrrole nitrogens is 1. The molecule has 3 aromatic rings. The number of nitrogens with zero attached hydrogens (tertiary/aromatic N) is 4. The number of rotatable bonds is 2. The molecule has 0 aliphatic heterocycles. The minimum atomic E-state index is 0.372. The molecule has 7 nitrogen and oxygen atoms in total. The predicted octanol–water partition coefficient (Wildman–Crippen LogP) is 1.87. The number of nitrogens with two attached hydrogens (primary N) is 1. The van der Waals surface area contributed by atoms with Gasteiger partial charge in [0.2, 0.25) is 5.82 Å². The summed E-state index contributed by atoms with van der Waals surface area (Å²) in [5.74, 6) is 0.748. The summed E-state index contributed by atoms with van der Waals surface area (Å²) >= 11 is 3.36. The van der Waals surface area contributed by atoms with Crippen LogP contribution in [0.25, 0.3) is 23.0 Å². The third-order valence-electron chi connectivity index (χ3n) is 2.24. The fourth-order valence-electron chi connectivity index (χ4n) is 1.49. The van der Waals surface area contributed by atoms with Gasteiger partial charge >= 0.3 is 0 Å². The van der Waals surface area contributed by atoms with Gasteiger partial charge in [0.25, 0.3) is 5.89 Å². The van der Waals surface area contributed by atoms with Crippen molar-refractivity contribution in [3.8, 4) is 23.0 Å². The standard InChI is InChI=1S/C10H7BrN6O/c11-6-1-5(2-7(12)3-6)10-14-9(16-18-10)8-4-13-17-15-8/h1-4H,12H2,(H,13,15,17). The SMILES string of the molecule is Nc1cc(Br)cc(-c2nc(-c3cn[nH]n3)no2)c1. The average molecular weight is 307 g/mol. The van der Waals surface area contributed by atoms with Gasteiger partial charge < -0.3 is 10.3 Å². The van der Waals surface area contributed by atoms with Crippen molar-refractivity contribution in [2.24, 2.45) is 0 Å². The highest BCUT2D eigenvalue weighted by Crippen LogP contribution is 2.26. The molecule has 0 aliphatic carbocycles. The lowest BCUT2D eigenvalue weighted by atomic mass is 10.2. The summed E-state index contributed by atoms with van der Waals surface area (Å²) < 4.78 is 6.01. The summed E-state index contributed by atoms with van der Waals surface area (Å²) in [7, 11) is 0. The monoisotopic (exact) mass is 306 g/mol. The number of nitrogen functional groups attached to an aromatic ring is 1. The van der Waals surface area contributed by atoms with E-state index in [1.54, 1.807) is 12.1 Å². The Morgan fingerprint density at radius 1 is 1.28 bits per heavy atom. The van der Waals surface area contributed by atoms with Crippen LogP contribution in [0.1, 0.15) is 0 Å². The summed E-state index contributed by atoms with van der Waals surface area (Å²) in [5, 5.41) is 13.9. The zero-order valence-electron chi connectivity index (χ0n) is 8.96. The van der Waals surface area contributed by atoms with Gasteiger partial charge in [-0.25, -0.2) is 0 Å². The maximum Gasteiger partial charge on any atom is 0.258 e. The van der Waals surface area contributed by atoms with E-state index < -0.39 is 0 Å². The molecule has 0 unspecified atom stereocenters. The number of hydrogen-bond acceptors (Lipinski definition) is 6. The van der Waals surface area contributed by atoms with Crippen LogP contribution in [0.5, 0.6) is 0 Å². The second-order valence-electron chi connectivity index (χ2n) is 3.55. The van der Waals surface area contributed by atoms with E-state index in [0.717, 1.165) is 10.0 Å². The molecule has 0 fully saturated rings. The number of nitrogens with one attached hydrogen (secondary N) is 1. The molecule has 0 aliphatic rings. The molecular weight excluding hydrogens is 300 g/mol. The number of aromatic nitrogens is 5. The largest absolute Gasteiger partial charge is 0.399 e. The highest BCUT2D eigenvalue weighted by atomic mass is 79.9. The number of hydrogen-bond donors (Lipinski definition) is 2. The van der Waals surface area contributed by atoms with E-state index in [2.05, 4.69) is 41.5 Å². The van der Waals surface area contributed by atoms with Crippen molar-refractivity contribution in [1.82, 2.24) is 25.6 Å². The average Bonchev–Trinajstić information content (AvgIpc) is 2.99. The molecule has 0 spiro atoms. The molecule has 90 valence electrons. The smallest absolute Gasteiger partial charge is 0.258 e. The number of halogens is 1. The molecule has 3 N–H and O–H groups in total. The molecule has 2 heterocycles. The Hall–Kier alpha value is -2.22. The maximum atomic E-state index is 5.75. The van der Waals surface area contributed by atoms with E-state index in [4.69, 9.17) is 10.3 Å².